The zero-order chi connectivity index (χ0) is 12.9. The molecule has 2 atom stereocenters. The fraction of sp³-hybridized carbons (Fsp3) is 0.462. The predicted octanol–water partition coefficient (Wildman–Crippen LogP) is 1.75. The number of amides is 1. The quantitative estimate of drug-likeness (QED) is 0.828. The van der Waals surface area contributed by atoms with E-state index in [2.05, 4.69) is 5.32 Å². The van der Waals surface area contributed by atoms with Gasteiger partial charge < -0.3 is 10.1 Å². The lowest BCUT2D eigenvalue weighted by molar-refractivity contribution is -0.122. The summed E-state index contributed by atoms with van der Waals surface area (Å²) in [6.07, 6.45) is 0.455. The molecule has 1 aromatic carbocycles. The smallest absolute Gasteiger partial charge is 0.223 e. The summed E-state index contributed by atoms with van der Waals surface area (Å²) in [5, 5.41) is 2.64. The Balaban J connectivity index is 2.10. The maximum atomic E-state index is 14.3. The van der Waals surface area contributed by atoms with Crippen molar-refractivity contribution >= 4 is 5.91 Å². The van der Waals surface area contributed by atoms with Crippen LogP contribution in [0.5, 0.6) is 5.75 Å². The summed E-state index contributed by atoms with van der Waals surface area (Å²) in [7, 11) is 0. The highest BCUT2D eigenvalue weighted by atomic mass is 19.1. The van der Waals surface area contributed by atoms with Crippen LogP contribution in [0.2, 0.25) is 0 Å². The summed E-state index contributed by atoms with van der Waals surface area (Å²) >= 11 is 0. The molecule has 0 aliphatic carbocycles. The van der Waals surface area contributed by atoms with Crippen molar-refractivity contribution in [2.45, 2.75) is 19.3 Å². The summed E-state index contributed by atoms with van der Waals surface area (Å²) in [5.41, 5.74) is 0.447. The molecule has 0 bridgehead atoms. The number of benzene rings is 1. The predicted molar refractivity (Wildman–Crippen MR) is 60.5 cm³/mol. The molecule has 5 heteroatoms. The van der Waals surface area contributed by atoms with Crippen LogP contribution in [0.25, 0.3) is 0 Å². The lowest BCUT2D eigenvalue weighted by Gasteiger charge is -2.16. The van der Waals surface area contributed by atoms with E-state index in [1.807, 2.05) is 0 Å². The molecule has 1 saturated heterocycles. The molecule has 1 amide bonds. The van der Waals surface area contributed by atoms with Gasteiger partial charge in [0, 0.05) is 42.0 Å². The van der Waals surface area contributed by atoms with Crippen LogP contribution in [0.1, 0.15) is 24.0 Å². The minimum absolute atomic E-state index is 0.0186. The maximum absolute atomic E-state index is 14.3. The summed E-state index contributed by atoms with van der Waals surface area (Å²) in [5.74, 6) is -1.88. The highest BCUT2D eigenvalue weighted by Gasteiger charge is 2.37. The Bertz CT molecular complexity index is 530. The molecular formula is C13H13F2NO2. The van der Waals surface area contributed by atoms with Gasteiger partial charge in [-0.1, -0.05) is 6.92 Å². The maximum Gasteiger partial charge on any atom is 0.223 e. The van der Waals surface area contributed by atoms with E-state index in [0.717, 1.165) is 0 Å². The van der Waals surface area contributed by atoms with Crippen molar-refractivity contribution in [2.75, 3.05) is 13.2 Å². The van der Waals surface area contributed by atoms with E-state index >= 15 is 0 Å². The molecule has 96 valence electrons. The second-order valence-corrected chi connectivity index (χ2v) is 4.80. The van der Waals surface area contributed by atoms with Crippen molar-refractivity contribution in [3.8, 4) is 5.75 Å². The lowest BCUT2D eigenvalue weighted by atomic mass is 9.87. The molecule has 1 N–H and O–H groups in total. The first-order valence-electron chi connectivity index (χ1n) is 6.01. The first-order chi connectivity index (χ1) is 8.59. The summed E-state index contributed by atoms with van der Waals surface area (Å²) in [6.45, 7) is 2.36. The number of hydrogen-bond acceptors (Lipinski definition) is 2. The third kappa shape index (κ3) is 1.50. The van der Waals surface area contributed by atoms with Gasteiger partial charge in [0.15, 0.2) is 0 Å². The molecule has 3 nitrogen and oxygen atoms in total. The van der Waals surface area contributed by atoms with Crippen molar-refractivity contribution < 1.29 is 18.3 Å². The van der Waals surface area contributed by atoms with Crippen LogP contribution < -0.4 is 10.1 Å². The number of fused-ring (bicyclic) bond motifs is 1. The average Bonchev–Trinajstić information content (AvgIpc) is 2.90. The second-order valence-electron chi connectivity index (χ2n) is 4.80. The van der Waals surface area contributed by atoms with E-state index in [9.17, 15) is 13.6 Å². The van der Waals surface area contributed by atoms with Crippen molar-refractivity contribution in [1.82, 2.24) is 5.32 Å². The van der Waals surface area contributed by atoms with Crippen molar-refractivity contribution in [3.05, 3.63) is 28.8 Å². The lowest BCUT2D eigenvalue weighted by Crippen LogP contribution is -2.17. The van der Waals surface area contributed by atoms with Crippen LogP contribution in [-0.2, 0) is 11.2 Å². The summed E-state index contributed by atoms with van der Waals surface area (Å²) in [4.78, 5) is 11.4. The number of nitrogens with one attached hydrogen (secondary N) is 1. The van der Waals surface area contributed by atoms with E-state index in [1.165, 1.54) is 6.07 Å². The second kappa shape index (κ2) is 3.93. The largest absolute Gasteiger partial charge is 0.493 e. The molecule has 3 rings (SSSR count). The molecule has 0 aromatic heterocycles. The Kier molecular flexibility index (Phi) is 2.50. The van der Waals surface area contributed by atoms with Crippen molar-refractivity contribution in [3.63, 3.8) is 0 Å². The summed E-state index contributed by atoms with van der Waals surface area (Å²) in [6, 6.07) is 1.23. The number of carbonyl (C=O) groups excluding carboxylic acids is 1. The first-order valence-corrected chi connectivity index (χ1v) is 6.01. The molecule has 18 heavy (non-hydrogen) atoms. The zero-order valence-corrected chi connectivity index (χ0v) is 9.93. The monoisotopic (exact) mass is 253 g/mol. The number of ether oxygens (including phenoxy) is 1. The Morgan fingerprint density at radius 3 is 2.89 bits per heavy atom. The van der Waals surface area contributed by atoms with Crippen molar-refractivity contribution in [2.24, 2.45) is 5.92 Å². The molecule has 1 fully saturated rings. The Morgan fingerprint density at radius 1 is 1.44 bits per heavy atom. The number of rotatable bonds is 1. The van der Waals surface area contributed by atoms with Gasteiger partial charge in [0.1, 0.15) is 17.4 Å². The third-order valence-electron chi connectivity index (χ3n) is 3.81. The highest BCUT2D eigenvalue weighted by molar-refractivity contribution is 5.82. The van der Waals surface area contributed by atoms with Crippen LogP contribution in [0.4, 0.5) is 8.78 Å². The number of hydrogen-bond donors (Lipinski definition) is 1. The van der Waals surface area contributed by atoms with Gasteiger partial charge in [-0.05, 0) is 0 Å². The van der Waals surface area contributed by atoms with Crippen LogP contribution in [-0.4, -0.2) is 19.1 Å². The normalized spacial score (nSPS) is 25.8. The average molecular weight is 253 g/mol. The van der Waals surface area contributed by atoms with Gasteiger partial charge in [0.2, 0.25) is 5.91 Å². The topological polar surface area (TPSA) is 38.3 Å². The third-order valence-corrected chi connectivity index (χ3v) is 3.81. The van der Waals surface area contributed by atoms with E-state index in [4.69, 9.17) is 4.74 Å². The fourth-order valence-corrected chi connectivity index (χ4v) is 2.70. The van der Waals surface area contributed by atoms with Gasteiger partial charge >= 0.3 is 0 Å². The van der Waals surface area contributed by atoms with E-state index in [1.54, 1.807) is 6.92 Å². The highest BCUT2D eigenvalue weighted by Crippen LogP contribution is 2.38. The molecular weight excluding hydrogens is 240 g/mol. The molecule has 0 unspecified atom stereocenters. The van der Waals surface area contributed by atoms with Crippen LogP contribution in [0.15, 0.2) is 6.07 Å². The van der Waals surface area contributed by atoms with E-state index < -0.39 is 23.5 Å². The Morgan fingerprint density at radius 2 is 2.22 bits per heavy atom. The Hall–Kier alpha value is -1.65. The van der Waals surface area contributed by atoms with Gasteiger partial charge in [-0.25, -0.2) is 8.78 Å². The standard InChI is InChI=1S/C13H13F2NO2/c1-6-8(5-16-13(6)17)11-9(14)4-10-7(12(11)15)2-3-18-10/h4,6,8H,2-3,5H2,1H3,(H,16,17)/t6-,8+/m0/s1. The molecule has 1 aromatic rings. The van der Waals surface area contributed by atoms with Gasteiger partial charge in [0.25, 0.3) is 0 Å². The zero-order valence-electron chi connectivity index (χ0n) is 9.93. The van der Waals surface area contributed by atoms with Gasteiger partial charge in [-0.2, -0.15) is 0 Å². The molecule has 2 heterocycles. The van der Waals surface area contributed by atoms with Crippen molar-refractivity contribution in [1.29, 1.82) is 0 Å². The molecule has 0 radical (unpaired) electrons. The fourth-order valence-electron chi connectivity index (χ4n) is 2.70. The number of carbonyl (C=O) groups is 1. The van der Waals surface area contributed by atoms with Crippen LogP contribution in [0.3, 0.4) is 0 Å². The minimum Gasteiger partial charge on any atom is -0.493 e. The molecule has 0 saturated carbocycles. The molecule has 2 aliphatic rings. The minimum atomic E-state index is -0.624. The van der Waals surface area contributed by atoms with E-state index in [0.29, 0.717) is 24.3 Å². The SMILES string of the molecule is C[C@@H]1C(=O)NC[C@H]1c1c(F)cc2c(c1F)CCO2. The Labute approximate surface area is 103 Å². The summed E-state index contributed by atoms with van der Waals surface area (Å²) < 4.78 is 33.5. The first kappa shape index (κ1) is 11.4. The van der Waals surface area contributed by atoms with Gasteiger partial charge in [-0.3, -0.25) is 4.79 Å². The van der Waals surface area contributed by atoms with Gasteiger partial charge in [0.05, 0.1) is 6.61 Å². The van der Waals surface area contributed by atoms with E-state index in [-0.39, 0.29) is 18.0 Å². The van der Waals surface area contributed by atoms with Gasteiger partial charge in [-0.15, -0.1) is 0 Å². The molecule has 0 spiro atoms. The van der Waals surface area contributed by atoms with Crippen LogP contribution >= 0.6 is 0 Å². The molecule has 2 aliphatic heterocycles. The number of halogens is 2. The van der Waals surface area contributed by atoms with Crippen LogP contribution in [0, 0.1) is 17.6 Å².